The third kappa shape index (κ3) is 4.56. The fourth-order valence-corrected chi connectivity index (χ4v) is 3.93. The van der Waals surface area contributed by atoms with Crippen molar-refractivity contribution < 1.29 is 19.4 Å². The summed E-state index contributed by atoms with van der Waals surface area (Å²) in [6, 6.07) is 10.9. The Balaban J connectivity index is 1.89. The number of benzene rings is 1. The lowest BCUT2D eigenvalue weighted by Crippen LogP contribution is -2.40. The van der Waals surface area contributed by atoms with Crippen LogP contribution in [0.3, 0.4) is 0 Å². The molecule has 0 radical (unpaired) electrons. The molecule has 1 aromatic heterocycles. The van der Waals surface area contributed by atoms with Crippen LogP contribution in [0, 0.1) is 5.92 Å². The first-order valence-corrected chi connectivity index (χ1v) is 9.81. The number of pyridine rings is 1. The first-order valence-electron chi connectivity index (χ1n) is 9.81. The zero-order chi connectivity index (χ0) is 20.8. The average Bonchev–Trinajstić information content (AvgIpc) is 3.09. The van der Waals surface area contributed by atoms with Crippen LogP contribution in [0.2, 0.25) is 0 Å². The van der Waals surface area contributed by atoms with E-state index in [1.165, 1.54) is 0 Å². The molecular weight excluding hydrogens is 370 g/mol. The molecule has 7 heteroatoms. The number of aliphatic hydroxyl groups is 1. The number of hydrogen-bond donors (Lipinski definition) is 1. The number of aliphatic hydroxyl groups excluding tert-OH is 1. The van der Waals surface area contributed by atoms with Crippen molar-refractivity contribution in [3.05, 3.63) is 59.9 Å². The molecule has 29 heavy (non-hydrogen) atoms. The van der Waals surface area contributed by atoms with E-state index in [-0.39, 0.29) is 37.4 Å². The second-order valence-electron chi connectivity index (χ2n) is 7.05. The molecule has 0 bridgehead atoms. The molecule has 1 N–H and O–H groups in total. The molecule has 2 heterocycles. The van der Waals surface area contributed by atoms with E-state index in [1.54, 1.807) is 29.3 Å². The van der Waals surface area contributed by atoms with E-state index in [1.807, 2.05) is 43.3 Å². The highest BCUT2D eigenvalue weighted by atomic mass is 16.5. The van der Waals surface area contributed by atoms with Gasteiger partial charge in [-0.25, -0.2) is 0 Å². The van der Waals surface area contributed by atoms with Crippen molar-refractivity contribution in [3.63, 3.8) is 0 Å². The first kappa shape index (κ1) is 20.8. The second-order valence-corrected chi connectivity index (χ2v) is 7.05. The summed E-state index contributed by atoms with van der Waals surface area (Å²) in [6.45, 7) is 2.90. The van der Waals surface area contributed by atoms with Gasteiger partial charge in [0.05, 0.1) is 25.7 Å². The summed E-state index contributed by atoms with van der Waals surface area (Å²) in [4.78, 5) is 33.5. The summed E-state index contributed by atoms with van der Waals surface area (Å²) < 4.78 is 5.23. The molecule has 2 amide bonds. The molecule has 3 rings (SSSR count). The van der Waals surface area contributed by atoms with Gasteiger partial charge in [0.1, 0.15) is 5.75 Å². The Hall–Kier alpha value is -2.93. The number of hydrogen-bond acceptors (Lipinski definition) is 5. The molecule has 1 saturated heterocycles. The molecule has 1 aliphatic rings. The van der Waals surface area contributed by atoms with Crippen molar-refractivity contribution in [1.82, 2.24) is 14.8 Å². The molecule has 0 saturated carbocycles. The predicted octanol–water partition coefficient (Wildman–Crippen LogP) is 2.02. The topological polar surface area (TPSA) is 83.0 Å². The summed E-state index contributed by atoms with van der Waals surface area (Å²) in [6.07, 6.45) is 3.52. The largest absolute Gasteiger partial charge is 0.497 e. The zero-order valence-corrected chi connectivity index (χ0v) is 16.8. The first-order chi connectivity index (χ1) is 14.1. The normalized spacial score (nSPS) is 18.7. The van der Waals surface area contributed by atoms with Gasteiger partial charge >= 0.3 is 0 Å². The van der Waals surface area contributed by atoms with Crippen molar-refractivity contribution in [2.45, 2.75) is 25.9 Å². The molecule has 7 nitrogen and oxygen atoms in total. The maximum Gasteiger partial charge on any atom is 0.229 e. The van der Waals surface area contributed by atoms with Crippen LogP contribution in [0.5, 0.6) is 5.75 Å². The maximum atomic E-state index is 13.4. The van der Waals surface area contributed by atoms with Crippen LogP contribution in [0.4, 0.5) is 0 Å². The van der Waals surface area contributed by atoms with Gasteiger partial charge in [0, 0.05) is 38.4 Å². The Morgan fingerprint density at radius 2 is 1.93 bits per heavy atom. The number of methoxy groups -OCH3 is 1. The third-order valence-electron chi connectivity index (χ3n) is 5.35. The number of amides is 2. The van der Waals surface area contributed by atoms with Gasteiger partial charge in [-0.05, 0) is 42.3 Å². The van der Waals surface area contributed by atoms with Crippen molar-refractivity contribution in [3.8, 4) is 5.75 Å². The Morgan fingerprint density at radius 3 is 2.52 bits per heavy atom. The molecule has 0 aliphatic carbocycles. The monoisotopic (exact) mass is 397 g/mol. The Bertz CT molecular complexity index is 826. The lowest BCUT2D eigenvalue weighted by molar-refractivity contribution is -0.137. The Morgan fingerprint density at radius 1 is 1.24 bits per heavy atom. The van der Waals surface area contributed by atoms with Crippen molar-refractivity contribution >= 4 is 11.8 Å². The van der Waals surface area contributed by atoms with E-state index in [2.05, 4.69) is 4.98 Å². The highest BCUT2D eigenvalue weighted by molar-refractivity contribution is 5.90. The van der Waals surface area contributed by atoms with E-state index >= 15 is 0 Å². The Kier molecular flexibility index (Phi) is 6.82. The average molecular weight is 397 g/mol. The van der Waals surface area contributed by atoms with Crippen molar-refractivity contribution in [2.75, 3.05) is 26.8 Å². The summed E-state index contributed by atoms with van der Waals surface area (Å²) >= 11 is 0. The molecule has 1 aromatic carbocycles. The number of rotatable bonds is 8. The van der Waals surface area contributed by atoms with Crippen LogP contribution in [-0.4, -0.2) is 58.5 Å². The van der Waals surface area contributed by atoms with Gasteiger partial charge in [0.15, 0.2) is 0 Å². The molecule has 0 unspecified atom stereocenters. The molecule has 1 aliphatic heterocycles. The summed E-state index contributed by atoms with van der Waals surface area (Å²) in [5.74, 6) is 0.0772. The third-order valence-corrected chi connectivity index (χ3v) is 5.35. The van der Waals surface area contributed by atoms with Crippen LogP contribution in [-0.2, 0) is 16.1 Å². The molecule has 2 aromatic rings. The zero-order valence-electron chi connectivity index (χ0n) is 16.8. The SMILES string of the molecule is CCN1C(=O)C[C@@H](C(=O)N(CCO)Cc2ccncc2)[C@@H]1c1ccc(OC)cc1. The number of nitrogens with zero attached hydrogens (tertiary/aromatic N) is 3. The number of carbonyl (C=O) groups excluding carboxylic acids is 2. The van der Waals surface area contributed by atoms with Gasteiger partial charge in [-0.3, -0.25) is 14.6 Å². The van der Waals surface area contributed by atoms with E-state index in [0.717, 1.165) is 16.9 Å². The quantitative estimate of drug-likeness (QED) is 0.737. The number of carbonyl (C=O) groups is 2. The summed E-state index contributed by atoms with van der Waals surface area (Å²) in [5.41, 5.74) is 1.84. The summed E-state index contributed by atoms with van der Waals surface area (Å²) in [5, 5.41) is 9.50. The van der Waals surface area contributed by atoms with Gasteiger partial charge in [0.2, 0.25) is 11.8 Å². The smallest absolute Gasteiger partial charge is 0.229 e. The molecular formula is C22H27N3O4. The second kappa shape index (κ2) is 9.52. The fourth-order valence-electron chi connectivity index (χ4n) is 3.93. The van der Waals surface area contributed by atoms with Crippen LogP contribution >= 0.6 is 0 Å². The molecule has 154 valence electrons. The minimum atomic E-state index is -0.496. The molecule has 1 fully saturated rings. The van der Waals surface area contributed by atoms with E-state index in [4.69, 9.17) is 4.74 Å². The Labute approximate surface area is 170 Å². The molecule has 2 atom stereocenters. The fraction of sp³-hybridized carbons (Fsp3) is 0.409. The van der Waals surface area contributed by atoms with Crippen LogP contribution < -0.4 is 4.74 Å². The highest BCUT2D eigenvalue weighted by Gasteiger charge is 2.45. The summed E-state index contributed by atoms with van der Waals surface area (Å²) in [7, 11) is 1.60. The van der Waals surface area contributed by atoms with E-state index < -0.39 is 5.92 Å². The predicted molar refractivity (Wildman–Crippen MR) is 108 cm³/mol. The van der Waals surface area contributed by atoms with E-state index in [9.17, 15) is 14.7 Å². The number of aromatic nitrogens is 1. The van der Waals surface area contributed by atoms with Gasteiger partial charge in [-0.2, -0.15) is 0 Å². The van der Waals surface area contributed by atoms with Gasteiger partial charge in [-0.1, -0.05) is 12.1 Å². The van der Waals surface area contributed by atoms with Crippen LogP contribution in [0.15, 0.2) is 48.8 Å². The van der Waals surface area contributed by atoms with Gasteiger partial charge < -0.3 is 19.6 Å². The van der Waals surface area contributed by atoms with Crippen molar-refractivity contribution in [1.29, 1.82) is 0 Å². The minimum Gasteiger partial charge on any atom is -0.497 e. The van der Waals surface area contributed by atoms with Crippen molar-refractivity contribution in [2.24, 2.45) is 5.92 Å². The van der Waals surface area contributed by atoms with Gasteiger partial charge in [-0.15, -0.1) is 0 Å². The molecule has 0 spiro atoms. The maximum absolute atomic E-state index is 13.4. The number of ether oxygens (including phenoxy) is 1. The van der Waals surface area contributed by atoms with Crippen LogP contribution in [0.25, 0.3) is 0 Å². The highest BCUT2D eigenvalue weighted by Crippen LogP contribution is 2.39. The van der Waals surface area contributed by atoms with Crippen LogP contribution in [0.1, 0.15) is 30.5 Å². The van der Waals surface area contributed by atoms with E-state index in [0.29, 0.717) is 13.1 Å². The van der Waals surface area contributed by atoms with Gasteiger partial charge in [0.25, 0.3) is 0 Å². The lowest BCUT2D eigenvalue weighted by atomic mass is 9.92. The number of likely N-dealkylation sites (tertiary alicyclic amines) is 1. The minimum absolute atomic E-state index is 0.0282. The standard InChI is InChI=1S/C22H27N3O4/c1-3-25-20(27)14-19(21(25)17-4-6-18(29-2)7-5-17)22(28)24(12-13-26)15-16-8-10-23-11-9-16/h4-11,19,21,26H,3,12-15H2,1-2H3/t19-,21+/m1/s1. The lowest BCUT2D eigenvalue weighted by Gasteiger charge is -2.31.